The van der Waals surface area contributed by atoms with Gasteiger partial charge in [-0.15, -0.1) is 0 Å². The SMILES string of the molecule is COc1cccc(CN2CCNC(=O)[C@H]2CC(=O)N2CCN(C)CC2)c1OC. The zero-order chi connectivity index (χ0) is 20.1. The number of ether oxygens (including phenoxy) is 2. The summed E-state index contributed by atoms with van der Waals surface area (Å²) in [5, 5.41) is 2.90. The highest BCUT2D eigenvalue weighted by Crippen LogP contribution is 2.32. The molecule has 0 aliphatic carbocycles. The van der Waals surface area contributed by atoms with Gasteiger partial charge in [-0.05, 0) is 13.1 Å². The molecule has 2 heterocycles. The van der Waals surface area contributed by atoms with E-state index in [0.717, 1.165) is 18.7 Å². The Bertz CT molecular complexity index is 703. The summed E-state index contributed by atoms with van der Waals surface area (Å²) < 4.78 is 10.9. The summed E-state index contributed by atoms with van der Waals surface area (Å²) in [6.45, 7) is 4.95. The smallest absolute Gasteiger partial charge is 0.237 e. The van der Waals surface area contributed by atoms with Gasteiger partial charge in [0, 0.05) is 51.4 Å². The van der Waals surface area contributed by atoms with Crippen LogP contribution < -0.4 is 14.8 Å². The first-order valence-corrected chi connectivity index (χ1v) is 9.71. The van der Waals surface area contributed by atoms with Crippen LogP contribution in [0.1, 0.15) is 12.0 Å². The Morgan fingerprint density at radius 2 is 1.89 bits per heavy atom. The number of amides is 2. The molecule has 1 aromatic rings. The molecule has 8 nitrogen and oxygen atoms in total. The maximum absolute atomic E-state index is 12.8. The van der Waals surface area contributed by atoms with Crippen molar-refractivity contribution in [1.82, 2.24) is 20.0 Å². The molecule has 0 spiro atoms. The Morgan fingerprint density at radius 3 is 2.57 bits per heavy atom. The van der Waals surface area contributed by atoms with Gasteiger partial charge in [-0.3, -0.25) is 14.5 Å². The van der Waals surface area contributed by atoms with Crippen molar-refractivity contribution in [2.45, 2.75) is 19.0 Å². The molecule has 28 heavy (non-hydrogen) atoms. The van der Waals surface area contributed by atoms with Crippen molar-refractivity contribution in [2.75, 3.05) is 60.5 Å². The molecule has 0 unspecified atom stereocenters. The number of para-hydroxylation sites is 1. The summed E-state index contributed by atoms with van der Waals surface area (Å²) in [5.41, 5.74) is 0.939. The van der Waals surface area contributed by atoms with Crippen molar-refractivity contribution in [1.29, 1.82) is 0 Å². The highest BCUT2D eigenvalue weighted by atomic mass is 16.5. The summed E-state index contributed by atoms with van der Waals surface area (Å²) in [6, 6.07) is 5.25. The zero-order valence-corrected chi connectivity index (χ0v) is 16.9. The number of carbonyl (C=O) groups is 2. The molecule has 3 rings (SSSR count). The summed E-state index contributed by atoms with van der Waals surface area (Å²) in [6.07, 6.45) is 0.196. The molecule has 2 amide bonds. The third-order valence-corrected chi connectivity index (χ3v) is 5.52. The normalized spacial score (nSPS) is 21.3. The van der Waals surface area contributed by atoms with Gasteiger partial charge >= 0.3 is 0 Å². The second-order valence-corrected chi connectivity index (χ2v) is 7.32. The molecule has 1 aromatic carbocycles. The minimum Gasteiger partial charge on any atom is -0.493 e. The van der Waals surface area contributed by atoms with Crippen molar-refractivity contribution in [2.24, 2.45) is 0 Å². The molecule has 2 fully saturated rings. The molecular formula is C20H30N4O4. The molecule has 154 valence electrons. The molecule has 8 heteroatoms. The van der Waals surface area contributed by atoms with E-state index in [4.69, 9.17) is 9.47 Å². The summed E-state index contributed by atoms with van der Waals surface area (Å²) >= 11 is 0. The Labute approximate surface area is 166 Å². The number of piperazine rings is 2. The molecule has 0 bridgehead atoms. The van der Waals surface area contributed by atoms with Crippen LogP contribution in [0, 0.1) is 0 Å². The number of rotatable bonds is 6. The van der Waals surface area contributed by atoms with Gasteiger partial charge in [-0.1, -0.05) is 12.1 Å². The molecule has 2 aliphatic heterocycles. The van der Waals surface area contributed by atoms with Gasteiger partial charge < -0.3 is 24.6 Å². The summed E-state index contributed by atoms with van der Waals surface area (Å²) in [4.78, 5) is 31.5. The maximum atomic E-state index is 12.8. The Morgan fingerprint density at radius 1 is 1.14 bits per heavy atom. The molecule has 0 aromatic heterocycles. The molecule has 0 saturated carbocycles. The molecule has 2 saturated heterocycles. The van der Waals surface area contributed by atoms with Crippen LogP contribution in [0.3, 0.4) is 0 Å². The second-order valence-electron chi connectivity index (χ2n) is 7.32. The van der Waals surface area contributed by atoms with E-state index < -0.39 is 6.04 Å². The van der Waals surface area contributed by atoms with Crippen molar-refractivity contribution < 1.29 is 19.1 Å². The highest BCUT2D eigenvalue weighted by molar-refractivity contribution is 5.89. The molecule has 0 radical (unpaired) electrons. The first kappa shape index (κ1) is 20.4. The topological polar surface area (TPSA) is 74.4 Å². The number of nitrogens with zero attached hydrogens (tertiary/aromatic N) is 3. The third kappa shape index (κ3) is 4.56. The Balaban J connectivity index is 1.72. The number of hydrogen-bond acceptors (Lipinski definition) is 6. The van der Waals surface area contributed by atoms with Crippen LogP contribution in [0.15, 0.2) is 18.2 Å². The van der Waals surface area contributed by atoms with Crippen LogP contribution in [0.25, 0.3) is 0 Å². The largest absolute Gasteiger partial charge is 0.493 e. The van der Waals surface area contributed by atoms with Gasteiger partial charge in [0.15, 0.2) is 11.5 Å². The van der Waals surface area contributed by atoms with Crippen LogP contribution in [0.5, 0.6) is 11.5 Å². The Kier molecular flexibility index (Phi) is 6.74. The number of carbonyl (C=O) groups excluding carboxylic acids is 2. The van der Waals surface area contributed by atoms with Crippen LogP contribution >= 0.6 is 0 Å². The summed E-state index contributed by atoms with van der Waals surface area (Å²) in [5.74, 6) is 1.28. The number of nitrogens with one attached hydrogen (secondary N) is 1. The van der Waals surface area contributed by atoms with E-state index in [1.54, 1.807) is 14.2 Å². The third-order valence-electron chi connectivity index (χ3n) is 5.52. The zero-order valence-electron chi connectivity index (χ0n) is 16.9. The van der Waals surface area contributed by atoms with E-state index in [0.29, 0.717) is 44.2 Å². The first-order chi connectivity index (χ1) is 13.5. The van der Waals surface area contributed by atoms with Crippen molar-refractivity contribution in [3.8, 4) is 11.5 Å². The van der Waals surface area contributed by atoms with Crippen molar-refractivity contribution in [3.63, 3.8) is 0 Å². The lowest BCUT2D eigenvalue weighted by atomic mass is 10.0. The second kappa shape index (κ2) is 9.25. The molecular weight excluding hydrogens is 360 g/mol. The van der Waals surface area contributed by atoms with Gasteiger partial charge in [0.2, 0.25) is 11.8 Å². The molecule has 1 N–H and O–H groups in total. The van der Waals surface area contributed by atoms with E-state index >= 15 is 0 Å². The average molecular weight is 390 g/mol. The summed E-state index contributed by atoms with van der Waals surface area (Å²) in [7, 11) is 5.27. The number of methoxy groups -OCH3 is 2. The number of likely N-dealkylation sites (N-methyl/N-ethyl adjacent to an activating group) is 1. The fraction of sp³-hybridized carbons (Fsp3) is 0.600. The van der Waals surface area contributed by atoms with Gasteiger partial charge in [-0.2, -0.15) is 0 Å². The predicted octanol–water partition coefficient (Wildman–Crippen LogP) is 0.168. The average Bonchev–Trinajstić information content (AvgIpc) is 2.70. The lowest BCUT2D eigenvalue weighted by Gasteiger charge is -2.37. The van der Waals surface area contributed by atoms with E-state index in [1.807, 2.05) is 23.1 Å². The molecule has 2 aliphatic rings. The van der Waals surface area contributed by atoms with E-state index in [-0.39, 0.29) is 18.2 Å². The fourth-order valence-corrected chi connectivity index (χ4v) is 3.82. The standard InChI is InChI=1S/C20H30N4O4/c1-22-9-11-23(12-10-22)18(25)13-16-20(26)21-7-8-24(16)14-15-5-4-6-17(27-2)19(15)28-3/h4-6,16H,7-14H2,1-3H3,(H,21,26)/t16-/m1/s1. The van der Waals surface area contributed by atoms with Gasteiger partial charge in [0.25, 0.3) is 0 Å². The Hall–Kier alpha value is -2.32. The lowest BCUT2D eigenvalue weighted by molar-refractivity contribution is -0.140. The van der Waals surface area contributed by atoms with Gasteiger partial charge in [-0.25, -0.2) is 0 Å². The number of hydrogen-bond donors (Lipinski definition) is 1. The quantitative estimate of drug-likeness (QED) is 0.746. The van der Waals surface area contributed by atoms with Crippen LogP contribution in [0.2, 0.25) is 0 Å². The van der Waals surface area contributed by atoms with Crippen LogP contribution in [-0.4, -0.2) is 93.1 Å². The minimum absolute atomic E-state index is 0.0396. The number of benzene rings is 1. The van der Waals surface area contributed by atoms with E-state index in [9.17, 15) is 9.59 Å². The van der Waals surface area contributed by atoms with E-state index in [1.165, 1.54) is 0 Å². The fourth-order valence-electron chi connectivity index (χ4n) is 3.82. The monoisotopic (exact) mass is 390 g/mol. The lowest BCUT2D eigenvalue weighted by Crippen LogP contribution is -2.57. The van der Waals surface area contributed by atoms with Crippen molar-refractivity contribution in [3.05, 3.63) is 23.8 Å². The first-order valence-electron chi connectivity index (χ1n) is 9.71. The van der Waals surface area contributed by atoms with Crippen LogP contribution in [-0.2, 0) is 16.1 Å². The molecule has 1 atom stereocenters. The van der Waals surface area contributed by atoms with Gasteiger partial charge in [0.1, 0.15) is 0 Å². The highest BCUT2D eigenvalue weighted by Gasteiger charge is 2.34. The minimum atomic E-state index is -0.475. The van der Waals surface area contributed by atoms with Crippen molar-refractivity contribution >= 4 is 11.8 Å². The van der Waals surface area contributed by atoms with Crippen LogP contribution in [0.4, 0.5) is 0 Å². The maximum Gasteiger partial charge on any atom is 0.237 e. The van der Waals surface area contributed by atoms with E-state index in [2.05, 4.69) is 22.2 Å². The van der Waals surface area contributed by atoms with Gasteiger partial charge in [0.05, 0.1) is 26.7 Å². The predicted molar refractivity (Wildman–Crippen MR) is 105 cm³/mol.